The van der Waals surface area contributed by atoms with E-state index in [1.54, 1.807) is 60.3 Å². The van der Waals surface area contributed by atoms with E-state index in [2.05, 4.69) is 5.32 Å². The Morgan fingerprint density at radius 2 is 1.81 bits per heavy atom. The van der Waals surface area contributed by atoms with Gasteiger partial charge in [0.25, 0.3) is 0 Å². The van der Waals surface area contributed by atoms with Crippen molar-refractivity contribution in [1.82, 2.24) is 0 Å². The number of nitrogen functional groups attached to an aromatic ring is 1. The van der Waals surface area contributed by atoms with Crippen molar-refractivity contribution in [1.29, 1.82) is 5.41 Å². The van der Waals surface area contributed by atoms with E-state index >= 15 is 0 Å². The van der Waals surface area contributed by atoms with Gasteiger partial charge >= 0.3 is 6.09 Å². The second-order valence-corrected chi connectivity index (χ2v) is 11.8. The summed E-state index contributed by atoms with van der Waals surface area (Å²) < 4.78 is 29.6. The Bertz CT molecular complexity index is 1410. The number of nitrogens with two attached hydrogens (primary N) is 2. The fraction of sp³-hybridized carbons (Fsp3) is 0.200. The number of anilines is 2. The molecule has 1 atom stereocenters. The average Bonchev–Trinajstić information content (AvgIpc) is 3.12. The zero-order valence-electron chi connectivity index (χ0n) is 19.8. The van der Waals surface area contributed by atoms with Gasteiger partial charge in [0.1, 0.15) is 5.84 Å². The van der Waals surface area contributed by atoms with Crippen molar-refractivity contribution in [3.05, 3.63) is 78.4 Å². The van der Waals surface area contributed by atoms with Gasteiger partial charge in [-0.05, 0) is 49.7 Å². The van der Waals surface area contributed by atoms with Crippen molar-refractivity contribution in [2.24, 2.45) is 10.9 Å². The molecule has 1 aliphatic heterocycles. The Morgan fingerprint density at radius 1 is 1.11 bits per heavy atom. The number of nitrogens with zero attached hydrogens (tertiary/aromatic N) is 1. The number of amidine groups is 1. The maximum Gasteiger partial charge on any atom is 0.413 e. The van der Waals surface area contributed by atoms with Gasteiger partial charge in [0.15, 0.2) is 6.23 Å². The van der Waals surface area contributed by atoms with Crippen LogP contribution in [0.25, 0.3) is 11.1 Å². The molecule has 0 aromatic heterocycles. The van der Waals surface area contributed by atoms with Gasteiger partial charge in [-0.2, -0.15) is 0 Å². The van der Waals surface area contributed by atoms with Crippen molar-refractivity contribution in [2.45, 2.75) is 29.8 Å². The summed E-state index contributed by atoms with van der Waals surface area (Å²) in [4.78, 5) is 14.4. The Hall–Kier alpha value is -3.54. The van der Waals surface area contributed by atoms with Crippen molar-refractivity contribution in [3.8, 4) is 11.1 Å². The van der Waals surface area contributed by atoms with Crippen LogP contribution in [-0.4, -0.2) is 37.2 Å². The normalized spacial score (nSPS) is 17.0. The van der Waals surface area contributed by atoms with Crippen molar-refractivity contribution in [3.63, 3.8) is 0 Å². The fourth-order valence-electron chi connectivity index (χ4n) is 4.11. The topological polar surface area (TPSA) is 152 Å². The Labute approximate surface area is 214 Å². The quantitative estimate of drug-likeness (QED) is 0.279. The fourth-order valence-corrected chi connectivity index (χ4v) is 6.00. The number of carbonyl (C=O) groups excluding carboxylic acids is 1. The van der Waals surface area contributed by atoms with Crippen LogP contribution in [0.1, 0.15) is 19.4 Å². The van der Waals surface area contributed by atoms with E-state index in [1.165, 1.54) is 6.07 Å². The SMILES string of the molecule is CC1(C)SCC(OC(=O)Nc2ccc(-c3ccccc3S(N)(=O)=O)cc2)N1c1cccc(C(=N)N)c1. The van der Waals surface area contributed by atoms with Crippen LogP contribution in [0.15, 0.2) is 77.7 Å². The first-order valence-corrected chi connectivity index (χ1v) is 13.6. The van der Waals surface area contributed by atoms with Crippen molar-refractivity contribution < 1.29 is 17.9 Å². The van der Waals surface area contributed by atoms with Crippen LogP contribution in [0.3, 0.4) is 0 Å². The average molecular weight is 526 g/mol. The van der Waals surface area contributed by atoms with Gasteiger partial charge in [-0.25, -0.2) is 18.4 Å². The van der Waals surface area contributed by atoms with Crippen LogP contribution in [0.5, 0.6) is 0 Å². The summed E-state index contributed by atoms with van der Waals surface area (Å²) in [6.07, 6.45) is -1.16. The van der Waals surface area contributed by atoms with Gasteiger partial charge in [0.05, 0.1) is 15.5 Å². The number of hydrogen-bond donors (Lipinski definition) is 4. The minimum absolute atomic E-state index is 0.0281. The van der Waals surface area contributed by atoms with Gasteiger partial charge in [-0.15, -0.1) is 11.8 Å². The zero-order chi connectivity index (χ0) is 26.1. The van der Waals surface area contributed by atoms with E-state index in [-0.39, 0.29) is 15.6 Å². The molecule has 1 amide bonds. The summed E-state index contributed by atoms with van der Waals surface area (Å²) in [5, 5.41) is 15.8. The van der Waals surface area contributed by atoms with Gasteiger partial charge in [0, 0.05) is 22.5 Å². The molecule has 1 unspecified atom stereocenters. The first kappa shape index (κ1) is 25.5. The molecule has 3 aromatic carbocycles. The van der Waals surface area contributed by atoms with Gasteiger partial charge in [-0.1, -0.05) is 42.5 Å². The number of primary sulfonamides is 1. The standard InChI is InChI=1S/C25H27N5O4S2/c1-25(2)30(19-7-5-6-17(14-19)23(26)27)22(15-35-25)34-24(31)29-18-12-10-16(11-13-18)20-8-3-4-9-21(20)36(28,32)33/h3-14,22H,15H2,1-2H3,(H3,26,27)(H,29,31)(H2,28,32,33). The van der Waals surface area contributed by atoms with Crippen molar-refractivity contribution in [2.75, 3.05) is 16.0 Å². The van der Waals surface area contributed by atoms with Gasteiger partial charge in [-0.3, -0.25) is 10.7 Å². The molecule has 0 aliphatic carbocycles. The lowest BCUT2D eigenvalue weighted by molar-refractivity contribution is 0.119. The van der Waals surface area contributed by atoms with E-state index < -0.39 is 22.3 Å². The number of ether oxygens (including phenoxy) is 1. The highest BCUT2D eigenvalue weighted by Crippen LogP contribution is 2.42. The summed E-state index contributed by atoms with van der Waals surface area (Å²) in [6.45, 7) is 4.08. The minimum Gasteiger partial charge on any atom is -0.424 e. The predicted molar refractivity (Wildman–Crippen MR) is 144 cm³/mol. The maximum absolute atomic E-state index is 12.8. The molecule has 0 bridgehead atoms. The molecule has 1 aliphatic rings. The molecule has 36 heavy (non-hydrogen) atoms. The molecule has 4 rings (SSSR count). The zero-order valence-corrected chi connectivity index (χ0v) is 21.4. The monoisotopic (exact) mass is 525 g/mol. The van der Waals surface area contributed by atoms with Crippen LogP contribution < -0.4 is 21.1 Å². The van der Waals surface area contributed by atoms with Crippen LogP contribution in [-0.2, 0) is 14.8 Å². The Balaban J connectivity index is 1.49. The molecule has 9 nitrogen and oxygen atoms in total. The molecule has 1 heterocycles. The predicted octanol–water partition coefficient (Wildman–Crippen LogP) is 4.15. The second-order valence-electron chi connectivity index (χ2n) is 8.70. The summed E-state index contributed by atoms with van der Waals surface area (Å²) in [6, 6.07) is 20.5. The molecule has 1 fully saturated rings. The summed E-state index contributed by atoms with van der Waals surface area (Å²) >= 11 is 1.65. The molecule has 0 saturated carbocycles. The third kappa shape index (κ3) is 5.48. The number of benzene rings is 3. The summed E-state index contributed by atoms with van der Waals surface area (Å²) in [7, 11) is -3.88. The molecular weight excluding hydrogens is 498 g/mol. The molecule has 188 valence electrons. The first-order chi connectivity index (χ1) is 17.0. The van der Waals surface area contributed by atoms with Gasteiger partial charge in [0.2, 0.25) is 10.0 Å². The van der Waals surface area contributed by atoms with Crippen LogP contribution in [0.2, 0.25) is 0 Å². The molecule has 0 radical (unpaired) electrons. The van der Waals surface area contributed by atoms with Crippen LogP contribution >= 0.6 is 11.8 Å². The number of carbonyl (C=O) groups is 1. The number of nitrogens with one attached hydrogen (secondary N) is 2. The first-order valence-electron chi connectivity index (χ1n) is 11.0. The summed E-state index contributed by atoms with van der Waals surface area (Å²) in [5.41, 5.74) is 8.66. The van der Waals surface area contributed by atoms with Crippen molar-refractivity contribution >= 4 is 45.1 Å². The number of hydrogen-bond acceptors (Lipinski definition) is 7. The molecule has 11 heteroatoms. The van der Waals surface area contributed by atoms with Gasteiger partial charge < -0.3 is 15.4 Å². The van der Waals surface area contributed by atoms with E-state index in [0.29, 0.717) is 28.1 Å². The molecule has 0 spiro atoms. The Morgan fingerprint density at radius 3 is 2.47 bits per heavy atom. The van der Waals surface area contributed by atoms with E-state index in [4.69, 9.17) is 21.0 Å². The lowest BCUT2D eigenvalue weighted by Gasteiger charge is -2.36. The highest BCUT2D eigenvalue weighted by molar-refractivity contribution is 8.01. The minimum atomic E-state index is -3.88. The van der Waals surface area contributed by atoms with E-state index in [1.807, 2.05) is 36.9 Å². The van der Waals surface area contributed by atoms with E-state index in [9.17, 15) is 13.2 Å². The molecular formula is C25H27N5O4S2. The number of amides is 1. The number of sulfonamides is 1. The van der Waals surface area contributed by atoms with Crippen LogP contribution in [0, 0.1) is 5.41 Å². The number of rotatable bonds is 6. The highest BCUT2D eigenvalue weighted by atomic mass is 32.2. The molecule has 3 aromatic rings. The molecule has 1 saturated heterocycles. The third-order valence-corrected chi connectivity index (χ3v) is 8.09. The maximum atomic E-state index is 12.8. The third-order valence-electron chi connectivity index (χ3n) is 5.76. The lowest BCUT2D eigenvalue weighted by Crippen LogP contribution is -2.45. The largest absolute Gasteiger partial charge is 0.424 e. The highest BCUT2D eigenvalue weighted by Gasteiger charge is 2.42. The lowest BCUT2D eigenvalue weighted by atomic mass is 10.1. The van der Waals surface area contributed by atoms with E-state index in [0.717, 1.165) is 5.69 Å². The van der Waals surface area contributed by atoms with Crippen LogP contribution in [0.4, 0.5) is 16.2 Å². The molecule has 6 N–H and O–H groups in total. The summed E-state index contributed by atoms with van der Waals surface area (Å²) in [5.74, 6) is 0.528. The second kappa shape index (κ2) is 9.84. The smallest absolute Gasteiger partial charge is 0.413 e. The Kier molecular flexibility index (Phi) is 6.98. The number of thioether (sulfide) groups is 1.